The maximum Gasteiger partial charge on any atom is 0.0584 e. The smallest absolute Gasteiger partial charge is 0.0584 e. The fourth-order valence-electron chi connectivity index (χ4n) is 0.993. The maximum absolute atomic E-state index is 8.80. The van der Waals surface area contributed by atoms with Crippen molar-refractivity contribution in [2.24, 2.45) is 5.92 Å². The molecule has 10 heavy (non-hydrogen) atoms. The zero-order chi connectivity index (χ0) is 7.40. The van der Waals surface area contributed by atoms with E-state index in [4.69, 9.17) is 5.11 Å². The number of aliphatic hydroxyl groups excluding tert-OH is 1. The molecule has 0 bridgehead atoms. The van der Waals surface area contributed by atoms with Gasteiger partial charge in [0.2, 0.25) is 0 Å². The molecule has 1 saturated carbocycles. The van der Waals surface area contributed by atoms with E-state index < -0.39 is 0 Å². The SMILES string of the molecule is CCC(CO)NCC1CC1. The van der Waals surface area contributed by atoms with Crippen molar-refractivity contribution in [2.45, 2.75) is 32.2 Å². The molecule has 1 aliphatic carbocycles. The first-order valence-corrected chi connectivity index (χ1v) is 4.21. The lowest BCUT2D eigenvalue weighted by molar-refractivity contribution is 0.238. The topological polar surface area (TPSA) is 32.3 Å². The molecule has 1 atom stereocenters. The van der Waals surface area contributed by atoms with Gasteiger partial charge in [-0.3, -0.25) is 0 Å². The van der Waals surface area contributed by atoms with Crippen molar-refractivity contribution in [1.82, 2.24) is 5.32 Å². The quantitative estimate of drug-likeness (QED) is 0.595. The second-order valence-corrected chi connectivity index (χ2v) is 3.14. The average Bonchev–Trinajstić information content (AvgIpc) is 2.74. The molecule has 60 valence electrons. The third-order valence-corrected chi connectivity index (χ3v) is 2.11. The third-order valence-electron chi connectivity index (χ3n) is 2.11. The minimum atomic E-state index is 0.281. The van der Waals surface area contributed by atoms with Crippen LogP contribution in [0.2, 0.25) is 0 Å². The highest BCUT2D eigenvalue weighted by molar-refractivity contribution is 4.77. The fourth-order valence-corrected chi connectivity index (χ4v) is 0.993. The van der Waals surface area contributed by atoms with Crippen molar-refractivity contribution in [3.8, 4) is 0 Å². The van der Waals surface area contributed by atoms with Gasteiger partial charge in [-0.2, -0.15) is 0 Å². The van der Waals surface area contributed by atoms with Gasteiger partial charge in [0.25, 0.3) is 0 Å². The van der Waals surface area contributed by atoms with E-state index >= 15 is 0 Å². The van der Waals surface area contributed by atoms with E-state index in [0.29, 0.717) is 6.04 Å². The summed E-state index contributed by atoms with van der Waals surface area (Å²) in [7, 11) is 0. The molecule has 0 amide bonds. The molecule has 2 N–H and O–H groups in total. The third kappa shape index (κ3) is 2.67. The van der Waals surface area contributed by atoms with Gasteiger partial charge in [0.15, 0.2) is 0 Å². The van der Waals surface area contributed by atoms with Crippen LogP contribution in [-0.4, -0.2) is 24.3 Å². The highest BCUT2D eigenvalue weighted by Crippen LogP contribution is 2.27. The van der Waals surface area contributed by atoms with Crippen molar-refractivity contribution in [1.29, 1.82) is 0 Å². The molecule has 2 heteroatoms. The Kier molecular flexibility index (Phi) is 3.16. The molecule has 0 aromatic carbocycles. The van der Waals surface area contributed by atoms with Gasteiger partial charge in [-0.05, 0) is 31.7 Å². The Morgan fingerprint density at radius 3 is 2.70 bits per heavy atom. The van der Waals surface area contributed by atoms with Gasteiger partial charge < -0.3 is 10.4 Å². The van der Waals surface area contributed by atoms with Gasteiger partial charge in [-0.15, -0.1) is 0 Å². The summed E-state index contributed by atoms with van der Waals surface area (Å²) in [5.41, 5.74) is 0. The summed E-state index contributed by atoms with van der Waals surface area (Å²) < 4.78 is 0. The molecule has 0 spiro atoms. The van der Waals surface area contributed by atoms with Crippen LogP contribution in [0.5, 0.6) is 0 Å². The number of aliphatic hydroxyl groups is 1. The van der Waals surface area contributed by atoms with E-state index in [1.807, 2.05) is 0 Å². The standard InChI is InChI=1S/C8H17NO/c1-2-8(6-10)9-5-7-3-4-7/h7-10H,2-6H2,1H3. The molecule has 1 rings (SSSR count). The highest BCUT2D eigenvalue weighted by Gasteiger charge is 2.21. The van der Waals surface area contributed by atoms with E-state index in [-0.39, 0.29) is 6.61 Å². The van der Waals surface area contributed by atoms with Crippen molar-refractivity contribution in [2.75, 3.05) is 13.2 Å². The molecule has 0 aromatic rings. The van der Waals surface area contributed by atoms with E-state index in [9.17, 15) is 0 Å². The monoisotopic (exact) mass is 143 g/mol. The predicted octanol–water partition coefficient (Wildman–Crippen LogP) is 0.757. The van der Waals surface area contributed by atoms with Gasteiger partial charge in [0, 0.05) is 6.04 Å². The highest BCUT2D eigenvalue weighted by atomic mass is 16.3. The van der Waals surface area contributed by atoms with Crippen LogP contribution in [0.3, 0.4) is 0 Å². The number of hydrogen-bond donors (Lipinski definition) is 2. The van der Waals surface area contributed by atoms with Gasteiger partial charge in [-0.1, -0.05) is 6.92 Å². The van der Waals surface area contributed by atoms with Crippen LogP contribution in [0, 0.1) is 5.92 Å². The van der Waals surface area contributed by atoms with Crippen molar-refractivity contribution >= 4 is 0 Å². The molecule has 1 aliphatic rings. The second-order valence-electron chi connectivity index (χ2n) is 3.14. The van der Waals surface area contributed by atoms with E-state index in [1.165, 1.54) is 12.8 Å². The van der Waals surface area contributed by atoms with Crippen LogP contribution in [0.1, 0.15) is 26.2 Å². The van der Waals surface area contributed by atoms with Crippen molar-refractivity contribution in [3.05, 3.63) is 0 Å². The van der Waals surface area contributed by atoms with E-state index in [1.54, 1.807) is 0 Å². The summed E-state index contributed by atoms with van der Waals surface area (Å²) in [6.07, 6.45) is 3.80. The fraction of sp³-hybridized carbons (Fsp3) is 1.00. The van der Waals surface area contributed by atoms with Crippen LogP contribution in [-0.2, 0) is 0 Å². The van der Waals surface area contributed by atoms with Crippen LogP contribution in [0.25, 0.3) is 0 Å². The minimum absolute atomic E-state index is 0.281. The molecule has 0 heterocycles. The lowest BCUT2D eigenvalue weighted by Crippen LogP contribution is -2.33. The number of hydrogen-bond acceptors (Lipinski definition) is 2. The summed E-state index contributed by atoms with van der Waals surface area (Å²) in [6.45, 7) is 3.49. The normalized spacial score (nSPS) is 21.0. The second kappa shape index (κ2) is 3.94. The van der Waals surface area contributed by atoms with Crippen LogP contribution in [0.15, 0.2) is 0 Å². The Morgan fingerprint density at radius 1 is 1.60 bits per heavy atom. The van der Waals surface area contributed by atoms with Crippen LogP contribution in [0.4, 0.5) is 0 Å². The van der Waals surface area contributed by atoms with Crippen LogP contribution < -0.4 is 5.32 Å². The summed E-state index contributed by atoms with van der Waals surface area (Å²) in [5, 5.41) is 12.1. The summed E-state index contributed by atoms with van der Waals surface area (Å²) in [4.78, 5) is 0. The van der Waals surface area contributed by atoms with E-state index in [0.717, 1.165) is 18.9 Å². The summed E-state index contributed by atoms with van der Waals surface area (Å²) >= 11 is 0. The van der Waals surface area contributed by atoms with E-state index in [2.05, 4.69) is 12.2 Å². The Hall–Kier alpha value is -0.0800. The minimum Gasteiger partial charge on any atom is -0.395 e. The molecule has 1 fully saturated rings. The van der Waals surface area contributed by atoms with Gasteiger partial charge >= 0.3 is 0 Å². The summed E-state index contributed by atoms with van der Waals surface area (Å²) in [5.74, 6) is 0.917. The predicted molar refractivity (Wildman–Crippen MR) is 41.9 cm³/mol. The number of nitrogens with one attached hydrogen (secondary N) is 1. The summed E-state index contributed by atoms with van der Waals surface area (Å²) in [6, 6.07) is 0.334. The molecular formula is C8H17NO. The van der Waals surface area contributed by atoms with Gasteiger partial charge in [-0.25, -0.2) is 0 Å². The zero-order valence-electron chi connectivity index (χ0n) is 6.64. The van der Waals surface area contributed by atoms with Gasteiger partial charge in [0.1, 0.15) is 0 Å². The first kappa shape index (κ1) is 8.02. The molecular weight excluding hydrogens is 126 g/mol. The Bertz CT molecular complexity index is 87.3. The average molecular weight is 143 g/mol. The van der Waals surface area contributed by atoms with Gasteiger partial charge in [0.05, 0.1) is 6.61 Å². The Labute approximate surface area is 62.6 Å². The molecule has 0 aromatic heterocycles. The van der Waals surface area contributed by atoms with Crippen molar-refractivity contribution < 1.29 is 5.11 Å². The maximum atomic E-state index is 8.80. The lowest BCUT2D eigenvalue weighted by atomic mass is 10.2. The molecule has 0 saturated heterocycles. The Morgan fingerprint density at radius 2 is 2.30 bits per heavy atom. The number of rotatable bonds is 5. The lowest BCUT2D eigenvalue weighted by Gasteiger charge is -2.12. The van der Waals surface area contributed by atoms with Crippen LogP contribution >= 0.6 is 0 Å². The first-order valence-electron chi connectivity index (χ1n) is 4.21. The molecule has 1 unspecified atom stereocenters. The zero-order valence-corrected chi connectivity index (χ0v) is 6.64. The molecule has 0 aliphatic heterocycles. The molecule has 2 nitrogen and oxygen atoms in total. The molecule has 0 radical (unpaired) electrons. The first-order chi connectivity index (χ1) is 4.86. The van der Waals surface area contributed by atoms with Crippen molar-refractivity contribution in [3.63, 3.8) is 0 Å². The Balaban J connectivity index is 1.97. The largest absolute Gasteiger partial charge is 0.395 e.